The first-order valence-corrected chi connectivity index (χ1v) is 3.10. The normalized spacial score (nSPS) is 9.64. The van der Waals surface area contributed by atoms with Gasteiger partial charge >= 0.3 is 5.97 Å². The van der Waals surface area contributed by atoms with E-state index < -0.39 is 11.8 Å². The lowest BCUT2D eigenvalue weighted by molar-refractivity contribution is 0.0695. The van der Waals surface area contributed by atoms with Crippen LogP contribution in [0.1, 0.15) is 15.9 Å². The van der Waals surface area contributed by atoms with Gasteiger partial charge in [-0.3, -0.25) is 0 Å². The minimum absolute atomic E-state index is 0.0185. The first-order chi connectivity index (χ1) is 5.11. The van der Waals surface area contributed by atoms with E-state index in [0.29, 0.717) is 5.56 Å². The Labute approximate surface area is 63.3 Å². The van der Waals surface area contributed by atoms with Crippen LogP contribution in [0.15, 0.2) is 18.2 Å². The molecule has 11 heavy (non-hydrogen) atoms. The summed E-state index contributed by atoms with van der Waals surface area (Å²) in [6.07, 6.45) is 0. The second-order valence-corrected chi connectivity index (χ2v) is 2.26. The third kappa shape index (κ3) is 1.55. The average Bonchev–Trinajstić information content (AvgIpc) is 1.94. The third-order valence-electron chi connectivity index (χ3n) is 1.43. The van der Waals surface area contributed by atoms with Crippen molar-refractivity contribution in [1.29, 1.82) is 0 Å². The Kier molecular flexibility index (Phi) is 1.89. The van der Waals surface area contributed by atoms with Gasteiger partial charge < -0.3 is 5.11 Å². The molecule has 2 nitrogen and oxygen atoms in total. The smallest absolute Gasteiger partial charge is 0.336 e. The van der Waals surface area contributed by atoms with Crippen LogP contribution in [-0.4, -0.2) is 11.1 Å². The molecule has 0 saturated heterocycles. The Hall–Kier alpha value is -1.38. The van der Waals surface area contributed by atoms with Gasteiger partial charge in [0.2, 0.25) is 0 Å². The molecule has 0 aliphatic heterocycles. The van der Waals surface area contributed by atoms with Crippen LogP contribution in [-0.2, 0) is 0 Å². The number of benzene rings is 1. The minimum Gasteiger partial charge on any atom is -0.478 e. The number of halogens is 1. The summed E-state index contributed by atoms with van der Waals surface area (Å²) in [6, 6.07) is 3.69. The molecule has 0 aliphatic rings. The maximum Gasteiger partial charge on any atom is 0.336 e. The Bertz CT molecular complexity index is 294. The molecule has 0 amide bonds. The fourth-order valence-corrected chi connectivity index (χ4v) is 0.825. The predicted octanol–water partition coefficient (Wildman–Crippen LogP) is 1.83. The van der Waals surface area contributed by atoms with E-state index in [4.69, 9.17) is 5.11 Å². The largest absolute Gasteiger partial charge is 0.478 e. The summed E-state index contributed by atoms with van der Waals surface area (Å²) in [5.74, 6) is -1.62. The van der Waals surface area contributed by atoms with Crippen LogP contribution < -0.4 is 0 Å². The Morgan fingerprint density at radius 3 is 2.64 bits per heavy atom. The highest BCUT2D eigenvalue weighted by Crippen LogP contribution is 2.09. The first kappa shape index (κ1) is 7.72. The minimum atomic E-state index is -1.10. The van der Waals surface area contributed by atoms with Gasteiger partial charge in [-0.05, 0) is 24.6 Å². The average molecular weight is 154 g/mol. The first-order valence-electron chi connectivity index (χ1n) is 3.10. The Balaban J connectivity index is 3.23. The number of hydrogen-bond donors (Lipinski definition) is 1. The molecule has 1 N–H and O–H groups in total. The number of carboxylic acids is 1. The SMILES string of the molecule is Cc1ccc(F)cc1C(=O)O. The van der Waals surface area contributed by atoms with Crippen molar-refractivity contribution in [2.75, 3.05) is 0 Å². The van der Waals surface area contributed by atoms with E-state index in [1.165, 1.54) is 12.1 Å². The number of hydrogen-bond acceptors (Lipinski definition) is 1. The van der Waals surface area contributed by atoms with E-state index >= 15 is 0 Å². The van der Waals surface area contributed by atoms with Gasteiger partial charge in [0.1, 0.15) is 5.82 Å². The maximum absolute atomic E-state index is 12.4. The summed E-state index contributed by atoms with van der Waals surface area (Å²) in [7, 11) is 0. The molecule has 0 aromatic heterocycles. The molecule has 3 heteroatoms. The van der Waals surface area contributed by atoms with Crippen molar-refractivity contribution < 1.29 is 14.3 Å². The van der Waals surface area contributed by atoms with Gasteiger partial charge in [-0.2, -0.15) is 0 Å². The molecule has 1 rings (SSSR count). The molecule has 0 fully saturated rings. The number of rotatable bonds is 1. The Morgan fingerprint density at radius 1 is 1.55 bits per heavy atom. The van der Waals surface area contributed by atoms with Gasteiger partial charge in [0.25, 0.3) is 0 Å². The fraction of sp³-hybridized carbons (Fsp3) is 0.125. The molecular formula is C8H7FO2. The molecule has 1 aromatic rings. The molecule has 0 aliphatic carbocycles. The monoisotopic (exact) mass is 154 g/mol. The third-order valence-corrected chi connectivity index (χ3v) is 1.43. The zero-order chi connectivity index (χ0) is 8.43. The number of carbonyl (C=O) groups is 1. The van der Waals surface area contributed by atoms with Crippen molar-refractivity contribution in [1.82, 2.24) is 0 Å². The fourth-order valence-electron chi connectivity index (χ4n) is 0.825. The van der Waals surface area contributed by atoms with E-state index in [-0.39, 0.29) is 5.56 Å². The van der Waals surface area contributed by atoms with Crippen LogP contribution in [0.3, 0.4) is 0 Å². The van der Waals surface area contributed by atoms with Gasteiger partial charge in [0.05, 0.1) is 5.56 Å². The molecule has 0 saturated carbocycles. The van der Waals surface area contributed by atoms with Crippen LogP contribution in [0.5, 0.6) is 0 Å². The van der Waals surface area contributed by atoms with Crippen LogP contribution in [0.25, 0.3) is 0 Å². The molecule has 58 valence electrons. The van der Waals surface area contributed by atoms with Crippen LogP contribution in [0.4, 0.5) is 4.39 Å². The van der Waals surface area contributed by atoms with Crippen molar-refractivity contribution in [2.45, 2.75) is 6.92 Å². The van der Waals surface area contributed by atoms with Crippen LogP contribution >= 0.6 is 0 Å². The number of aryl methyl sites for hydroxylation is 1. The standard InChI is InChI=1S/C8H7FO2/c1-5-2-3-6(9)4-7(5)8(10)11/h2-4H,1H3,(H,10,11). The maximum atomic E-state index is 12.4. The van der Waals surface area contributed by atoms with Crippen LogP contribution in [0, 0.1) is 12.7 Å². The van der Waals surface area contributed by atoms with Gasteiger partial charge in [-0.1, -0.05) is 6.07 Å². The van der Waals surface area contributed by atoms with Gasteiger partial charge in [0.15, 0.2) is 0 Å². The molecular weight excluding hydrogens is 147 g/mol. The van der Waals surface area contributed by atoms with E-state index in [2.05, 4.69) is 0 Å². The highest BCUT2D eigenvalue weighted by molar-refractivity contribution is 5.89. The van der Waals surface area contributed by atoms with Crippen molar-refractivity contribution in [3.63, 3.8) is 0 Å². The molecule has 1 aromatic carbocycles. The summed E-state index contributed by atoms with van der Waals surface area (Å²) in [4.78, 5) is 10.4. The van der Waals surface area contributed by atoms with Gasteiger partial charge in [-0.15, -0.1) is 0 Å². The van der Waals surface area contributed by atoms with Gasteiger partial charge in [0, 0.05) is 0 Å². The highest BCUT2D eigenvalue weighted by Gasteiger charge is 2.06. The Morgan fingerprint density at radius 2 is 2.18 bits per heavy atom. The lowest BCUT2D eigenvalue weighted by Gasteiger charge is -1.98. The molecule has 0 heterocycles. The van der Waals surface area contributed by atoms with E-state index in [1.807, 2.05) is 0 Å². The van der Waals surface area contributed by atoms with Gasteiger partial charge in [-0.25, -0.2) is 9.18 Å². The lowest BCUT2D eigenvalue weighted by Crippen LogP contribution is -1.99. The molecule has 0 bridgehead atoms. The van der Waals surface area contributed by atoms with Crippen molar-refractivity contribution in [3.8, 4) is 0 Å². The van der Waals surface area contributed by atoms with E-state index in [9.17, 15) is 9.18 Å². The molecule has 0 spiro atoms. The second-order valence-electron chi connectivity index (χ2n) is 2.26. The van der Waals surface area contributed by atoms with Crippen molar-refractivity contribution >= 4 is 5.97 Å². The number of aromatic carboxylic acids is 1. The molecule has 0 atom stereocenters. The quantitative estimate of drug-likeness (QED) is 0.670. The summed E-state index contributed by atoms with van der Waals surface area (Å²) >= 11 is 0. The predicted molar refractivity (Wildman–Crippen MR) is 38.1 cm³/mol. The topological polar surface area (TPSA) is 37.3 Å². The summed E-state index contributed by atoms with van der Waals surface area (Å²) < 4.78 is 12.4. The lowest BCUT2D eigenvalue weighted by atomic mass is 10.1. The van der Waals surface area contributed by atoms with E-state index in [1.54, 1.807) is 6.92 Å². The highest BCUT2D eigenvalue weighted by atomic mass is 19.1. The second kappa shape index (κ2) is 2.70. The molecule has 0 radical (unpaired) electrons. The summed E-state index contributed by atoms with van der Waals surface area (Å²) in [5.41, 5.74) is 0.587. The van der Waals surface area contributed by atoms with E-state index in [0.717, 1.165) is 6.07 Å². The van der Waals surface area contributed by atoms with Crippen molar-refractivity contribution in [2.24, 2.45) is 0 Å². The molecule has 0 unspecified atom stereocenters. The summed E-state index contributed by atoms with van der Waals surface area (Å²) in [5, 5.41) is 8.52. The summed E-state index contributed by atoms with van der Waals surface area (Å²) in [6.45, 7) is 1.63. The van der Waals surface area contributed by atoms with Crippen molar-refractivity contribution in [3.05, 3.63) is 35.1 Å². The zero-order valence-electron chi connectivity index (χ0n) is 5.97. The number of carboxylic acid groups (broad SMARTS) is 1. The van der Waals surface area contributed by atoms with Crippen LogP contribution in [0.2, 0.25) is 0 Å². The zero-order valence-corrected chi connectivity index (χ0v) is 5.97.